The molecule has 1 aliphatic heterocycles. The van der Waals surface area contributed by atoms with Gasteiger partial charge in [0.2, 0.25) is 0 Å². The van der Waals surface area contributed by atoms with Crippen LogP contribution in [0, 0.1) is 5.41 Å². The molecule has 1 amide bonds. The van der Waals surface area contributed by atoms with Crippen LogP contribution in [0.3, 0.4) is 0 Å². The van der Waals surface area contributed by atoms with E-state index in [9.17, 15) is 9.90 Å². The first-order valence-electron chi connectivity index (χ1n) is 3.38. The van der Waals surface area contributed by atoms with E-state index in [0.29, 0.717) is 13.0 Å². The predicted molar refractivity (Wildman–Crippen MR) is 40.7 cm³/mol. The number of hydrogen-bond donors (Lipinski definition) is 3. The molecule has 4 nitrogen and oxygen atoms in total. The van der Waals surface area contributed by atoms with E-state index in [1.165, 1.54) is 6.92 Å². The molecule has 60 valence electrons. The highest BCUT2D eigenvalue weighted by Crippen LogP contribution is 2.11. The van der Waals surface area contributed by atoms with Gasteiger partial charge in [-0.25, -0.2) is 0 Å². The number of carbonyl (C=O) groups excluding carboxylic acids is 1. The quantitative estimate of drug-likeness (QED) is 0.477. The van der Waals surface area contributed by atoms with Crippen molar-refractivity contribution in [2.45, 2.75) is 13.3 Å². The summed E-state index contributed by atoms with van der Waals surface area (Å²) in [5.41, 5.74) is 0.232. The summed E-state index contributed by atoms with van der Waals surface area (Å²) in [5.74, 6) is -0.317. The van der Waals surface area contributed by atoms with Gasteiger partial charge in [-0.15, -0.1) is 0 Å². The van der Waals surface area contributed by atoms with Crippen molar-refractivity contribution < 1.29 is 9.90 Å². The number of hydrogen-bond acceptors (Lipinski definition) is 3. The topological polar surface area (TPSA) is 73.2 Å². The average molecular weight is 154 g/mol. The van der Waals surface area contributed by atoms with Crippen LogP contribution in [0.25, 0.3) is 0 Å². The van der Waals surface area contributed by atoms with Crippen LogP contribution in [0.15, 0.2) is 11.3 Å². The number of amides is 1. The van der Waals surface area contributed by atoms with Gasteiger partial charge < -0.3 is 15.8 Å². The average Bonchev–Trinajstić information content (AvgIpc) is 1.85. The van der Waals surface area contributed by atoms with Gasteiger partial charge in [0.05, 0.1) is 5.57 Å². The summed E-state index contributed by atoms with van der Waals surface area (Å²) in [6.07, 6.45) is 0.428. The second-order valence-electron chi connectivity index (χ2n) is 2.45. The van der Waals surface area contributed by atoms with Crippen LogP contribution in [-0.4, -0.2) is 23.3 Å². The monoisotopic (exact) mass is 154 g/mol. The van der Waals surface area contributed by atoms with E-state index in [0.717, 1.165) is 0 Å². The number of carbonyl (C=O) groups is 1. The third-order valence-corrected chi connectivity index (χ3v) is 1.54. The molecule has 1 aliphatic rings. The Balaban J connectivity index is 3.01. The van der Waals surface area contributed by atoms with E-state index < -0.39 is 0 Å². The van der Waals surface area contributed by atoms with Crippen molar-refractivity contribution in [2.75, 3.05) is 6.54 Å². The molecule has 0 spiro atoms. The summed E-state index contributed by atoms with van der Waals surface area (Å²) < 4.78 is 0. The van der Waals surface area contributed by atoms with Gasteiger partial charge in [0.25, 0.3) is 5.91 Å². The highest BCUT2D eigenvalue weighted by Gasteiger charge is 2.20. The van der Waals surface area contributed by atoms with Crippen molar-refractivity contribution in [3.63, 3.8) is 0 Å². The molecule has 0 aromatic carbocycles. The Hall–Kier alpha value is -1.32. The first-order valence-corrected chi connectivity index (χ1v) is 3.38. The normalized spacial score (nSPS) is 18.1. The first-order chi connectivity index (χ1) is 5.13. The standard InChI is InChI=1S/C7H10N2O2/c1-4(8)6-5(10)2-3-9-7(6)11/h8,10H,2-3H2,1H3,(H,9,11). The largest absolute Gasteiger partial charge is 0.511 e. The van der Waals surface area contributed by atoms with Crippen LogP contribution in [0.2, 0.25) is 0 Å². The molecule has 0 aliphatic carbocycles. The van der Waals surface area contributed by atoms with Crippen LogP contribution >= 0.6 is 0 Å². The van der Waals surface area contributed by atoms with Crippen molar-refractivity contribution in [3.05, 3.63) is 11.3 Å². The zero-order chi connectivity index (χ0) is 8.43. The lowest BCUT2D eigenvalue weighted by atomic mass is 10.1. The highest BCUT2D eigenvalue weighted by molar-refractivity contribution is 6.20. The Labute approximate surface area is 64.4 Å². The van der Waals surface area contributed by atoms with E-state index in [4.69, 9.17) is 5.41 Å². The number of nitrogens with one attached hydrogen (secondary N) is 2. The molecule has 0 saturated heterocycles. The van der Waals surface area contributed by atoms with Crippen molar-refractivity contribution in [2.24, 2.45) is 0 Å². The molecule has 11 heavy (non-hydrogen) atoms. The van der Waals surface area contributed by atoms with Crippen LogP contribution in [0.1, 0.15) is 13.3 Å². The fraction of sp³-hybridized carbons (Fsp3) is 0.429. The Morgan fingerprint density at radius 3 is 2.73 bits per heavy atom. The molecule has 0 unspecified atom stereocenters. The molecule has 1 rings (SSSR count). The van der Waals surface area contributed by atoms with Gasteiger partial charge in [-0.05, 0) is 6.92 Å². The van der Waals surface area contributed by atoms with Gasteiger partial charge in [-0.3, -0.25) is 4.79 Å². The smallest absolute Gasteiger partial charge is 0.256 e. The van der Waals surface area contributed by atoms with Gasteiger partial charge >= 0.3 is 0 Å². The Kier molecular flexibility index (Phi) is 1.94. The van der Waals surface area contributed by atoms with Crippen LogP contribution in [0.4, 0.5) is 0 Å². The van der Waals surface area contributed by atoms with E-state index in [2.05, 4.69) is 5.32 Å². The van der Waals surface area contributed by atoms with E-state index in [-0.39, 0.29) is 23.0 Å². The van der Waals surface area contributed by atoms with Crippen molar-refractivity contribution in [3.8, 4) is 0 Å². The zero-order valence-electron chi connectivity index (χ0n) is 6.27. The minimum absolute atomic E-state index is 0.0289. The second kappa shape index (κ2) is 2.74. The molecule has 0 bridgehead atoms. The van der Waals surface area contributed by atoms with Crippen molar-refractivity contribution in [1.29, 1.82) is 5.41 Å². The maximum atomic E-state index is 11.0. The molecule has 0 fully saturated rings. The van der Waals surface area contributed by atoms with Gasteiger partial charge in [0.15, 0.2) is 0 Å². The second-order valence-corrected chi connectivity index (χ2v) is 2.45. The zero-order valence-corrected chi connectivity index (χ0v) is 6.27. The van der Waals surface area contributed by atoms with Gasteiger partial charge in [0, 0.05) is 18.7 Å². The minimum atomic E-state index is -0.346. The summed E-state index contributed by atoms with van der Waals surface area (Å²) in [6, 6.07) is 0. The summed E-state index contributed by atoms with van der Waals surface area (Å²) in [5, 5.41) is 18.9. The molecular weight excluding hydrogens is 144 g/mol. The molecule has 3 N–H and O–H groups in total. The summed E-state index contributed by atoms with van der Waals surface area (Å²) in [4.78, 5) is 11.0. The molecule has 4 heteroatoms. The molecular formula is C7H10N2O2. The van der Waals surface area contributed by atoms with E-state index in [1.807, 2.05) is 0 Å². The summed E-state index contributed by atoms with van der Waals surface area (Å²) in [7, 11) is 0. The summed E-state index contributed by atoms with van der Waals surface area (Å²) >= 11 is 0. The molecule has 0 radical (unpaired) electrons. The first kappa shape index (κ1) is 7.78. The summed E-state index contributed by atoms with van der Waals surface area (Å²) in [6.45, 7) is 1.94. The highest BCUT2D eigenvalue weighted by atomic mass is 16.3. The fourth-order valence-corrected chi connectivity index (χ4v) is 1.03. The number of rotatable bonds is 1. The third kappa shape index (κ3) is 1.39. The van der Waals surface area contributed by atoms with Crippen LogP contribution < -0.4 is 5.32 Å². The Morgan fingerprint density at radius 2 is 2.36 bits per heavy atom. The molecule has 0 atom stereocenters. The molecule has 0 saturated carbocycles. The third-order valence-electron chi connectivity index (χ3n) is 1.54. The van der Waals surface area contributed by atoms with Crippen molar-refractivity contribution >= 4 is 11.6 Å². The fourth-order valence-electron chi connectivity index (χ4n) is 1.03. The number of aliphatic hydroxyl groups is 1. The lowest BCUT2D eigenvalue weighted by Gasteiger charge is -2.15. The van der Waals surface area contributed by atoms with Gasteiger partial charge in [0.1, 0.15) is 5.76 Å². The Morgan fingerprint density at radius 1 is 1.73 bits per heavy atom. The lowest BCUT2D eigenvalue weighted by molar-refractivity contribution is -0.117. The lowest BCUT2D eigenvalue weighted by Crippen LogP contribution is -2.34. The number of aliphatic hydroxyl groups excluding tert-OH is 1. The minimum Gasteiger partial charge on any atom is -0.511 e. The maximum Gasteiger partial charge on any atom is 0.256 e. The van der Waals surface area contributed by atoms with E-state index in [1.54, 1.807) is 0 Å². The van der Waals surface area contributed by atoms with Crippen LogP contribution in [-0.2, 0) is 4.79 Å². The molecule has 0 aromatic rings. The molecule has 1 heterocycles. The maximum absolute atomic E-state index is 11.0. The van der Waals surface area contributed by atoms with E-state index >= 15 is 0 Å². The predicted octanol–water partition coefficient (Wildman–Crippen LogP) is 0.358. The van der Waals surface area contributed by atoms with Crippen LogP contribution in [0.5, 0.6) is 0 Å². The molecule has 0 aromatic heterocycles. The Bertz CT molecular complexity index is 243. The van der Waals surface area contributed by atoms with Crippen molar-refractivity contribution in [1.82, 2.24) is 5.32 Å². The van der Waals surface area contributed by atoms with Gasteiger partial charge in [-0.1, -0.05) is 0 Å². The van der Waals surface area contributed by atoms with Gasteiger partial charge in [-0.2, -0.15) is 0 Å². The SMILES string of the molecule is CC(=N)C1=C(O)CCNC1=O.